The summed E-state index contributed by atoms with van der Waals surface area (Å²) in [5.74, 6) is 0.986. The summed E-state index contributed by atoms with van der Waals surface area (Å²) in [4.78, 5) is 0. The molecule has 0 spiro atoms. The van der Waals surface area contributed by atoms with Gasteiger partial charge in [-0.3, -0.25) is 0 Å². The van der Waals surface area contributed by atoms with E-state index in [9.17, 15) is 0 Å². The Hall–Kier alpha value is 0.558. The van der Waals surface area contributed by atoms with Crippen LogP contribution in [-0.4, -0.2) is 15.8 Å². The number of rotatable bonds is 5. The van der Waals surface area contributed by atoms with E-state index in [1.807, 2.05) is 0 Å². The maximum atomic E-state index is 2.36. The second kappa shape index (κ2) is 6.68. The van der Waals surface area contributed by atoms with E-state index >= 15 is 0 Å². The van der Waals surface area contributed by atoms with Gasteiger partial charge in [-0.2, -0.15) is 0 Å². The van der Waals surface area contributed by atoms with Crippen molar-refractivity contribution in [3.8, 4) is 0 Å². The molecule has 0 aliphatic heterocycles. The van der Waals surface area contributed by atoms with Crippen molar-refractivity contribution >= 4 is 15.8 Å². The van der Waals surface area contributed by atoms with Crippen molar-refractivity contribution in [2.45, 2.75) is 44.0 Å². The van der Waals surface area contributed by atoms with Crippen LogP contribution in [0.2, 0.25) is 10.4 Å². The van der Waals surface area contributed by atoms with E-state index in [1.165, 1.54) is 18.1 Å². The average molecular weight is 190 g/mol. The van der Waals surface area contributed by atoms with Crippen molar-refractivity contribution in [2.24, 2.45) is 5.92 Å². The second-order valence-corrected chi connectivity index (χ2v) is 6.24. The molecule has 0 rings (SSSR count). The van der Waals surface area contributed by atoms with Crippen LogP contribution in [0.25, 0.3) is 0 Å². The molecule has 0 bridgehead atoms. The first-order valence-electron chi connectivity index (χ1n) is 4.02. The Morgan fingerprint density at radius 2 is 2.00 bits per heavy atom. The van der Waals surface area contributed by atoms with Gasteiger partial charge in [0.25, 0.3) is 0 Å². The molecule has 0 fully saturated rings. The van der Waals surface area contributed by atoms with Crippen molar-refractivity contribution in [1.82, 2.24) is 0 Å². The summed E-state index contributed by atoms with van der Waals surface area (Å²) in [5.41, 5.74) is 0. The van der Waals surface area contributed by atoms with Crippen LogP contribution in [0, 0.1) is 5.92 Å². The van der Waals surface area contributed by atoms with Crippen LogP contribution in [0.3, 0.4) is 0 Å². The normalized spacial score (nSPS) is 15.0. The molecule has 0 amide bonds. The Kier molecular flexibility index (Phi) is 7.09. The van der Waals surface area contributed by atoms with Gasteiger partial charge >= 0.3 is 65.7 Å². The second-order valence-electron chi connectivity index (χ2n) is 2.66. The Bertz CT molecular complexity index is 52.5. The minimum absolute atomic E-state index is 0.475. The predicted octanol–water partition coefficient (Wildman–Crippen LogP) is 2.72. The van der Waals surface area contributed by atoms with Gasteiger partial charge in [-0.15, -0.1) is 0 Å². The third-order valence-electron chi connectivity index (χ3n) is 1.76. The summed E-state index contributed by atoms with van der Waals surface area (Å²) >= 11 is 0.475. The van der Waals surface area contributed by atoms with Crippen LogP contribution >= 0.6 is 0 Å². The molecule has 0 aromatic heterocycles. The van der Waals surface area contributed by atoms with Crippen molar-refractivity contribution in [3.05, 3.63) is 0 Å². The summed E-state index contributed by atoms with van der Waals surface area (Å²) < 4.78 is 0. The molecule has 0 nitrogen and oxygen atoms in total. The predicted molar refractivity (Wildman–Crippen MR) is 46.5 cm³/mol. The SMILES string of the molecule is CC[AsH]CCC(C)CC. The van der Waals surface area contributed by atoms with Gasteiger partial charge in [-0.1, -0.05) is 0 Å². The third-order valence-corrected chi connectivity index (χ3v) is 4.16. The van der Waals surface area contributed by atoms with E-state index in [4.69, 9.17) is 0 Å². The van der Waals surface area contributed by atoms with Gasteiger partial charge in [0.15, 0.2) is 0 Å². The molecule has 2 atom stereocenters. The summed E-state index contributed by atoms with van der Waals surface area (Å²) in [5, 5.41) is 3.04. The molecular weight excluding hydrogens is 171 g/mol. The fourth-order valence-corrected chi connectivity index (χ4v) is 2.93. The van der Waals surface area contributed by atoms with E-state index in [-0.39, 0.29) is 0 Å². The first kappa shape index (κ1) is 9.56. The van der Waals surface area contributed by atoms with Gasteiger partial charge in [0.2, 0.25) is 0 Å². The average Bonchev–Trinajstić information content (AvgIpc) is 1.89. The van der Waals surface area contributed by atoms with Gasteiger partial charge < -0.3 is 0 Å². The van der Waals surface area contributed by atoms with Gasteiger partial charge in [-0.05, 0) is 0 Å². The number of hydrogen-bond acceptors (Lipinski definition) is 0. The zero-order valence-corrected chi connectivity index (χ0v) is 9.00. The van der Waals surface area contributed by atoms with E-state index < -0.39 is 0 Å². The summed E-state index contributed by atoms with van der Waals surface area (Å²) in [6.07, 6.45) is 2.86. The van der Waals surface area contributed by atoms with E-state index in [0.717, 1.165) is 5.92 Å². The molecule has 0 N–H and O–H groups in total. The van der Waals surface area contributed by atoms with Crippen LogP contribution in [0.15, 0.2) is 0 Å². The van der Waals surface area contributed by atoms with Crippen molar-refractivity contribution < 1.29 is 0 Å². The third kappa shape index (κ3) is 6.44. The van der Waals surface area contributed by atoms with Crippen molar-refractivity contribution in [1.29, 1.82) is 0 Å². The molecule has 0 radical (unpaired) electrons. The Morgan fingerprint density at radius 1 is 1.33 bits per heavy atom. The molecule has 0 saturated carbocycles. The van der Waals surface area contributed by atoms with Crippen LogP contribution < -0.4 is 0 Å². The van der Waals surface area contributed by atoms with Crippen LogP contribution in [-0.2, 0) is 0 Å². The Balaban J connectivity index is 2.88. The van der Waals surface area contributed by atoms with Crippen LogP contribution in [0.1, 0.15) is 33.6 Å². The molecule has 0 aromatic rings. The van der Waals surface area contributed by atoms with Gasteiger partial charge in [0, 0.05) is 0 Å². The van der Waals surface area contributed by atoms with E-state index in [1.54, 1.807) is 5.21 Å². The maximum absolute atomic E-state index is 2.36. The van der Waals surface area contributed by atoms with Gasteiger partial charge in [0.1, 0.15) is 0 Å². The number of hydrogen-bond donors (Lipinski definition) is 0. The topological polar surface area (TPSA) is 0 Å². The quantitative estimate of drug-likeness (QED) is 0.462. The van der Waals surface area contributed by atoms with Crippen LogP contribution in [0.4, 0.5) is 0 Å². The first-order chi connectivity index (χ1) is 4.31. The standard InChI is InChI=1S/C8H19As/c1-4-8(3)6-7-9-5-2/h8-9H,4-7H2,1-3H3. The minimum atomic E-state index is 0.475. The van der Waals surface area contributed by atoms with Gasteiger partial charge in [0.05, 0.1) is 0 Å². The van der Waals surface area contributed by atoms with Crippen molar-refractivity contribution in [2.75, 3.05) is 0 Å². The van der Waals surface area contributed by atoms with Gasteiger partial charge in [-0.25, -0.2) is 0 Å². The Labute approximate surface area is 66.1 Å². The molecule has 9 heavy (non-hydrogen) atoms. The van der Waals surface area contributed by atoms with E-state index in [0.29, 0.717) is 15.8 Å². The summed E-state index contributed by atoms with van der Waals surface area (Å²) in [7, 11) is 0. The van der Waals surface area contributed by atoms with Crippen LogP contribution in [0.5, 0.6) is 0 Å². The molecule has 0 aromatic carbocycles. The Morgan fingerprint density at radius 3 is 2.44 bits per heavy atom. The molecule has 56 valence electrons. The first-order valence-corrected chi connectivity index (χ1v) is 6.98. The zero-order valence-electron chi connectivity index (χ0n) is 6.91. The summed E-state index contributed by atoms with van der Waals surface area (Å²) in [6, 6.07) is 0. The molecule has 0 aliphatic carbocycles. The molecular formula is C8H19As. The monoisotopic (exact) mass is 190 g/mol. The molecule has 0 saturated heterocycles. The molecule has 0 heterocycles. The molecule has 1 heteroatoms. The fourth-order valence-electron chi connectivity index (χ4n) is 0.729. The zero-order chi connectivity index (χ0) is 7.11. The van der Waals surface area contributed by atoms with E-state index in [2.05, 4.69) is 20.8 Å². The summed E-state index contributed by atoms with van der Waals surface area (Å²) in [6.45, 7) is 6.97. The molecule has 2 unspecified atom stereocenters. The van der Waals surface area contributed by atoms with Crippen molar-refractivity contribution in [3.63, 3.8) is 0 Å². The molecule has 0 aliphatic rings. The fraction of sp³-hybridized carbons (Fsp3) is 1.00.